The highest BCUT2D eigenvalue weighted by Crippen LogP contribution is 2.60. The van der Waals surface area contributed by atoms with Crippen LogP contribution in [0.5, 0.6) is 0 Å². The van der Waals surface area contributed by atoms with Gasteiger partial charge in [0.1, 0.15) is 6.29 Å². The first-order valence-electron chi connectivity index (χ1n) is 8.29. The molecule has 1 nitrogen and oxygen atoms in total. The second-order valence-corrected chi connectivity index (χ2v) is 7.90. The number of allylic oxidation sites excluding steroid dienone is 5. The molecule has 0 aromatic heterocycles. The molecule has 0 heterocycles. The molecule has 0 amide bonds. The number of rotatable bonds is 4. The molecule has 0 bridgehead atoms. The van der Waals surface area contributed by atoms with Crippen LogP contribution in [0.1, 0.15) is 59.8 Å². The Morgan fingerprint density at radius 2 is 2.10 bits per heavy atom. The van der Waals surface area contributed by atoms with E-state index in [-0.39, 0.29) is 5.41 Å². The molecule has 21 heavy (non-hydrogen) atoms. The monoisotopic (exact) mass is 286 g/mol. The molecule has 2 rings (SSSR count). The van der Waals surface area contributed by atoms with Gasteiger partial charge < -0.3 is 0 Å². The average molecular weight is 286 g/mol. The van der Waals surface area contributed by atoms with Crippen molar-refractivity contribution in [2.45, 2.75) is 59.8 Å². The molecule has 116 valence electrons. The Balaban J connectivity index is 2.38. The molecule has 0 spiro atoms. The van der Waals surface area contributed by atoms with E-state index in [0.717, 1.165) is 24.7 Å². The lowest BCUT2D eigenvalue weighted by molar-refractivity contribution is -0.107. The normalized spacial score (nSPS) is 35.6. The summed E-state index contributed by atoms with van der Waals surface area (Å²) in [6.07, 6.45) is 13.3. The van der Waals surface area contributed by atoms with Crippen LogP contribution >= 0.6 is 0 Å². The maximum absolute atomic E-state index is 11.6. The molecule has 1 saturated carbocycles. The highest BCUT2D eigenvalue weighted by molar-refractivity contribution is 5.74. The predicted octanol–water partition coefficient (Wildman–Crippen LogP) is 5.49. The van der Waals surface area contributed by atoms with Crippen molar-refractivity contribution < 1.29 is 4.79 Å². The quantitative estimate of drug-likeness (QED) is 0.493. The standard InChI is InChI=1S/C20H30O/c1-6-15(2)8-10-17-16(14-21)9-11-18-19(3,4)12-7-13-20(17,18)5/h6,8-9,14,17-18H,1,7,10-13H2,2-5H3/b15-8+/t17-,18-,20-/m0/s1. The zero-order valence-corrected chi connectivity index (χ0v) is 14.1. The van der Waals surface area contributed by atoms with Crippen molar-refractivity contribution in [3.05, 3.63) is 36.0 Å². The van der Waals surface area contributed by atoms with Gasteiger partial charge in [-0.25, -0.2) is 0 Å². The van der Waals surface area contributed by atoms with Crippen LogP contribution in [-0.4, -0.2) is 6.29 Å². The summed E-state index contributed by atoms with van der Waals surface area (Å²) >= 11 is 0. The Labute approximate surface area is 130 Å². The van der Waals surface area contributed by atoms with Crippen LogP contribution in [-0.2, 0) is 4.79 Å². The third kappa shape index (κ3) is 2.93. The molecule has 1 fully saturated rings. The summed E-state index contributed by atoms with van der Waals surface area (Å²) in [6, 6.07) is 0. The summed E-state index contributed by atoms with van der Waals surface area (Å²) in [5, 5.41) is 0. The lowest BCUT2D eigenvalue weighted by atomic mass is 9.48. The van der Waals surface area contributed by atoms with Gasteiger partial charge in [-0.15, -0.1) is 0 Å². The third-order valence-corrected chi connectivity index (χ3v) is 6.20. The van der Waals surface area contributed by atoms with Gasteiger partial charge in [-0.1, -0.05) is 57.6 Å². The summed E-state index contributed by atoms with van der Waals surface area (Å²) in [5.74, 6) is 1.05. The highest BCUT2D eigenvalue weighted by atomic mass is 16.1. The van der Waals surface area contributed by atoms with Crippen LogP contribution < -0.4 is 0 Å². The van der Waals surface area contributed by atoms with Crippen LogP contribution in [0, 0.1) is 22.7 Å². The van der Waals surface area contributed by atoms with Crippen molar-refractivity contribution in [3.8, 4) is 0 Å². The minimum absolute atomic E-state index is 0.255. The summed E-state index contributed by atoms with van der Waals surface area (Å²) in [6.45, 7) is 13.2. The van der Waals surface area contributed by atoms with Gasteiger partial charge >= 0.3 is 0 Å². The molecule has 2 aliphatic carbocycles. The fourth-order valence-electron chi connectivity index (χ4n) is 4.87. The minimum Gasteiger partial charge on any atom is -0.298 e. The van der Waals surface area contributed by atoms with Gasteiger partial charge in [-0.2, -0.15) is 0 Å². The molecule has 3 atom stereocenters. The minimum atomic E-state index is 0.255. The van der Waals surface area contributed by atoms with Crippen LogP contribution in [0.15, 0.2) is 36.0 Å². The van der Waals surface area contributed by atoms with Crippen molar-refractivity contribution in [1.29, 1.82) is 0 Å². The van der Waals surface area contributed by atoms with E-state index in [9.17, 15) is 4.79 Å². The van der Waals surface area contributed by atoms with Crippen molar-refractivity contribution in [1.82, 2.24) is 0 Å². The van der Waals surface area contributed by atoms with Gasteiger partial charge in [0.2, 0.25) is 0 Å². The molecule has 0 aliphatic heterocycles. The van der Waals surface area contributed by atoms with E-state index in [1.807, 2.05) is 6.08 Å². The predicted molar refractivity (Wildman–Crippen MR) is 90.1 cm³/mol. The smallest absolute Gasteiger partial charge is 0.146 e. The van der Waals surface area contributed by atoms with Gasteiger partial charge in [0.05, 0.1) is 0 Å². The Morgan fingerprint density at radius 1 is 1.38 bits per heavy atom. The lowest BCUT2D eigenvalue weighted by Crippen LogP contribution is -2.48. The Kier molecular flexibility index (Phi) is 4.60. The fourth-order valence-corrected chi connectivity index (χ4v) is 4.87. The summed E-state index contributed by atoms with van der Waals surface area (Å²) in [5.41, 5.74) is 2.87. The number of hydrogen-bond acceptors (Lipinski definition) is 1. The van der Waals surface area contributed by atoms with Gasteiger partial charge in [0.25, 0.3) is 0 Å². The molecule has 0 saturated heterocycles. The molecular formula is C20H30O. The first-order chi connectivity index (χ1) is 9.85. The number of carbonyl (C=O) groups is 1. The van der Waals surface area contributed by atoms with E-state index in [1.54, 1.807) is 0 Å². The molecule has 2 aliphatic rings. The third-order valence-electron chi connectivity index (χ3n) is 6.20. The second kappa shape index (κ2) is 5.94. The van der Waals surface area contributed by atoms with Gasteiger partial charge in [-0.3, -0.25) is 4.79 Å². The van der Waals surface area contributed by atoms with Crippen LogP contribution in [0.3, 0.4) is 0 Å². The molecule has 0 aromatic carbocycles. The van der Waals surface area contributed by atoms with E-state index in [2.05, 4.69) is 46.4 Å². The summed E-state index contributed by atoms with van der Waals surface area (Å²) < 4.78 is 0. The first-order valence-corrected chi connectivity index (χ1v) is 8.29. The van der Waals surface area contributed by atoms with Crippen molar-refractivity contribution in [2.24, 2.45) is 22.7 Å². The topological polar surface area (TPSA) is 17.1 Å². The van der Waals surface area contributed by atoms with E-state index < -0.39 is 0 Å². The average Bonchev–Trinajstić information content (AvgIpc) is 2.43. The van der Waals surface area contributed by atoms with Crippen molar-refractivity contribution in [2.75, 3.05) is 0 Å². The largest absolute Gasteiger partial charge is 0.298 e. The van der Waals surface area contributed by atoms with Crippen molar-refractivity contribution in [3.63, 3.8) is 0 Å². The molecule has 1 heteroatoms. The second-order valence-electron chi connectivity index (χ2n) is 7.90. The molecule has 0 aromatic rings. The molecular weight excluding hydrogens is 256 g/mol. The first kappa shape index (κ1) is 16.3. The van der Waals surface area contributed by atoms with E-state index in [0.29, 0.717) is 17.3 Å². The van der Waals surface area contributed by atoms with Gasteiger partial charge in [0.15, 0.2) is 0 Å². The van der Waals surface area contributed by atoms with Crippen LogP contribution in [0.25, 0.3) is 0 Å². The molecule has 0 unspecified atom stereocenters. The maximum Gasteiger partial charge on any atom is 0.146 e. The van der Waals surface area contributed by atoms with Gasteiger partial charge in [-0.05, 0) is 60.8 Å². The maximum atomic E-state index is 11.6. The van der Waals surface area contributed by atoms with E-state index >= 15 is 0 Å². The van der Waals surface area contributed by atoms with Crippen LogP contribution in [0.2, 0.25) is 0 Å². The van der Waals surface area contributed by atoms with Crippen molar-refractivity contribution >= 4 is 6.29 Å². The number of carbonyl (C=O) groups excluding carboxylic acids is 1. The van der Waals surface area contributed by atoms with Crippen LogP contribution in [0.4, 0.5) is 0 Å². The molecule has 0 radical (unpaired) electrons. The fraction of sp³-hybridized carbons (Fsp3) is 0.650. The SMILES string of the molecule is C=C/C(C)=C/C[C@H]1C(C=O)=CC[C@H]2C(C)(C)CCC[C@@]12C. The highest BCUT2D eigenvalue weighted by Gasteiger charge is 2.51. The Bertz CT molecular complexity index is 480. The Hall–Kier alpha value is -1.11. The zero-order valence-electron chi connectivity index (χ0n) is 14.1. The molecule has 0 N–H and O–H groups in total. The van der Waals surface area contributed by atoms with Gasteiger partial charge in [0, 0.05) is 0 Å². The van der Waals surface area contributed by atoms with E-state index in [4.69, 9.17) is 0 Å². The summed E-state index contributed by atoms with van der Waals surface area (Å²) in [7, 11) is 0. The zero-order chi connectivity index (χ0) is 15.7. The Morgan fingerprint density at radius 3 is 2.71 bits per heavy atom. The van der Waals surface area contributed by atoms with E-state index in [1.165, 1.54) is 24.8 Å². The summed E-state index contributed by atoms with van der Waals surface area (Å²) in [4.78, 5) is 11.6. The number of fused-ring (bicyclic) bond motifs is 1. The number of hydrogen-bond donors (Lipinski definition) is 0. The lowest BCUT2D eigenvalue weighted by Gasteiger charge is -2.56. The number of aldehydes is 1.